The van der Waals surface area contributed by atoms with Gasteiger partial charge in [-0.05, 0) is 19.1 Å². The summed E-state index contributed by atoms with van der Waals surface area (Å²) in [6, 6.07) is 4.67. The zero-order chi connectivity index (χ0) is 17.3. The first kappa shape index (κ1) is 18.1. The molecule has 0 amide bonds. The Balaban J connectivity index is 1.68. The van der Waals surface area contributed by atoms with Gasteiger partial charge in [-0.3, -0.25) is 4.90 Å². The van der Waals surface area contributed by atoms with Crippen LogP contribution in [0.2, 0.25) is 10.0 Å². The predicted molar refractivity (Wildman–Crippen MR) is 97.3 cm³/mol. The molecule has 5 nitrogen and oxygen atoms in total. The van der Waals surface area contributed by atoms with Crippen LogP contribution in [0.15, 0.2) is 28.5 Å². The van der Waals surface area contributed by atoms with E-state index in [9.17, 15) is 8.42 Å². The minimum atomic E-state index is -3.63. The number of rotatable bonds is 4. The summed E-state index contributed by atoms with van der Waals surface area (Å²) in [6.07, 6.45) is 0. The van der Waals surface area contributed by atoms with Gasteiger partial charge in [-0.1, -0.05) is 29.3 Å². The summed E-state index contributed by atoms with van der Waals surface area (Å²) in [6.45, 7) is 4.90. The van der Waals surface area contributed by atoms with Gasteiger partial charge in [0.1, 0.15) is 9.90 Å². The summed E-state index contributed by atoms with van der Waals surface area (Å²) < 4.78 is 27.0. The number of aromatic nitrogens is 1. The SMILES string of the molecule is Cc1csc(CN2CCN(S(=O)(=O)c3cccc(Cl)c3Cl)CC2)n1. The Hall–Kier alpha value is -0.700. The van der Waals surface area contributed by atoms with Crippen LogP contribution in [0.3, 0.4) is 0 Å². The van der Waals surface area contributed by atoms with Crippen LogP contribution in [0.25, 0.3) is 0 Å². The van der Waals surface area contributed by atoms with Gasteiger partial charge >= 0.3 is 0 Å². The Morgan fingerprint density at radius 3 is 2.54 bits per heavy atom. The molecular weight excluding hydrogens is 389 g/mol. The Kier molecular flexibility index (Phi) is 5.48. The van der Waals surface area contributed by atoms with E-state index in [-0.39, 0.29) is 14.9 Å². The van der Waals surface area contributed by atoms with Gasteiger partial charge < -0.3 is 0 Å². The molecule has 1 aliphatic rings. The molecule has 2 aromatic rings. The van der Waals surface area contributed by atoms with Crippen molar-refractivity contribution in [1.82, 2.24) is 14.2 Å². The zero-order valence-electron chi connectivity index (χ0n) is 13.1. The lowest BCUT2D eigenvalue weighted by molar-refractivity contribution is 0.181. The van der Waals surface area contributed by atoms with E-state index in [0.717, 1.165) is 17.2 Å². The maximum atomic E-state index is 12.8. The second-order valence-corrected chi connectivity index (χ2v) is 9.25. The fourth-order valence-electron chi connectivity index (χ4n) is 2.62. The van der Waals surface area contributed by atoms with E-state index in [0.29, 0.717) is 26.2 Å². The highest BCUT2D eigenvalue weighted by molar-refractivity contribution is 7.89. The van der Waals surface area contributed by atoms with E-state index in [1.807, 2.05) is 12.3 Å². The molecule has 0 radical (unpaired) electrons. The van der Waals surface area contributed by atoms with E-state index < -0.39 is 10.0 Å². The van der Waals surface area contributed by atoms with Crippen molar-refractivity contribution in [2.45, 2.75) is 18.4 Å². The lowest BCUT2D eigenvalue weighted by Crippen LogP contribution is -2.48. The summed E-state index contributed by atoms with van der Waals surface area (Å²) in [5, 5.41) is 3.41. The van der Waals surface area contributed by atoms with Gasteiger partial charge in [0, 0.05) is 37.3 Å². The monoisotopic (exact) mass is 405 g/mol. The number of halogens is 2. The molecule has 1 aliphatic heterocycles. The van der Waals surface area contributed by atoms with Crippen LogP contribution in [0.4, 0.5) is 0 Å². The summed E-state index contributed by atoms with van der Waals surface area (Å²) in [5.41, 5.74) is 1.02. The highest BCUT2D eigenvalue weighted by Crippen LogP contribution is 2.31. The van der Waals surface area contributed by atoms with Gasteiger partial charge in [-0.25, -0.2) is 13.4 Å². The molecule has 9 heteroatoms. The van der Waals surface area contributed by atoms with Crippen LogP contribution in [-0.4, -0.2) is 48.8 Å². The second kappa shape index (κ2) is 7.27. The lowest BCUT2D eigenvalue weighted by Gasteiger charge is -2.33. The molecule has 0 unspecified atom stereocenters. The summed E-state index contributed by atoms with van der Waals surface area (Å²) in [4.78, 5) is 6.74. The van der Waals surface area contributed by atoms with Crippen molar-refractivity contribution in [3.05, 3.63) is 44.3 Å². The summed E-state index contributed by atoms with van der Waals surface area (Å²) in [7, 11) is -3.63. The number of benzene rings is 1. The summed E-state index contributed by atoms with van der Waals surface area (Å²) >= 11 is 13.7. The van der Waals surface area contributed by atoms with E-state index >= 15 is 0 Å². The Morgan fingerprint density at radius 1 is 1.21 bits per heavy atom. The maximum absolute atomic E-state index is 12.8. The highest BCUT2D eigenvalue weighted by Gasteiger charge is 2.30. The van der Waals surface area contributed by atoms with Crippen LogP contribution >= 0.6 is 34.5 Å². The Morgan fingerprint density at radius 2 is 1.92 bits per heavy atom. The lowest BCUT2D eigenvalue weighted by atomic mass is 10.3. The quantitative estimate of drug-likeness (QED) is 0.782. The molecule has 1 fully saturated rings. The van der Waals surface area contributed by atoms with Crippen LogP contribution < -0.4 is 0 Å². The number of thiazole rings is 1. The van der Waals surface area contributed by atoms with Crippen LogP contribution in [-0.2, 0) is 16.6 Å². The third kappa shape index (κ3) is 3.76. The van der Waals surface area contributed by atoms with Gasteiger partial charge in [0.15, 0.2) is 0 Å². The second-order valence-electron chi connectivity index (χ2n) is 5.61. The number of hydrogen-bond acceptors (Lipinski definition) is 5. The predicted octanol–water partition coefficient (Wildman–Crippen LogP) is 3.26. The van der Waals surface area contributed by atoms with Gasteiger partial charge in [0.25, 0.3) is 0 Å². The van der Waals surface area contributed by atoms with Gasteiger partial charge in [0.05, 0.1) is 16.6 Å². The molecule has 3 rings (SSSR count). The average Bonchev–Trinajstić information content (AvgIpc) is 2.95. The standard InChI is InChI=1S/C15H17Cl2N3O2S2/c1-11-10-23-14(18-11)9-19-5-7-20(8-6-19)24(21,22)13-4-2-3-12(16)15(13)17/h2-4,10H,5-9H2,1H3. The Labute approximate surface area is 155 Å². The molecule has 24 heavy (non-hydrogen) atoms. The minimum absolute atomic E-state index is 0.0701. The van der Waals surface area contributed by atoms with Crippen molar-refractivity contribution < 1.29 is 8.42 Å². The molecule has 0 saturated carbocycles. The number of piperazine rings is 1. The van der Waals surface area contributed by atoms with Crippen LogP contribution in [0.5, 0.6) is 0 Å². The third-order valence-electron chi connectivity index (χ3n) is 3.89. The normalized spacial score (nSPS) is 17.3. The molecule has 1 aromatic heterocycles. The topological polar surface area (TPSA) is 53.5 Å². The molecule has 0 aliphatic carbocycles. The van der Waals surface area contributed by atoms with Crippen molar-refractivity contribution in [2.75, 3.05) is 26.2 Å². The molecule has 1 saturated heterocycles. The zero-order valence-corrected chi connectivity index (χ0v) is 16.2. The number of nitrogens with zero attached hydrogens (tertiary/aromatic N) is 3. The van der Waals surface area contributed by atoms with Gasteiger partial charge in [-0.15, -0.1) is 11.3 Å². The third-order valence-corrected chi connectivity index (χ3v) is 7.71. The van der Waals surface area contributed by atoms with Gasteiger partial charge in [0.2, 0.25) is 10.0 Å². The smallest absolute Gasteiger partial charge is 0.244 e. The fraction of sp³-hybridized carbons (Fsp3) is 0.400. The largest absolute Gasteiger partial charge is 0.294 e. The van der Waals surface area contributed by atoms with Crippen molar-refractivity contribution in [1.29, 1.82) is 0 Å². The molecule has 0 atom stereocenters. The van der Waals surface area contributed by atoms with E-state index in [1.54, 1.807) is 23.5 Å². The maximum Gasteiger partial charge on any atom is 0.244 e. The molecule has 0 bridgehead atoms. The van der Waals surface area contributed by atoms with Crippen molar-refractivity contribution in [3.63, 3.8) is 0 Å². The summed E-state index contributed by atoms with van der Waals surface area (Å²) in [5.74, 6) is 0. The first-order chi connectivity index (χ1) is 11.4. The number of sulfonamides is 1. The van der Waals surface area contributed by atoms with Crippen molar-refractivity contribution in [3.8, 4) is 0 Å². The minimum Gasteiger partial charge on any atom is -0.294 e. The molecule has 130 valence electrons. The molecule has 0 spiro atoms. The number of hydrogen-bond donors (Lipinski definition) is 0. The first-order valence-electron chi connectivity index (χ1n) is 7.45. The fourth-order valence-corrected chi connectivity index (χ4v) is 5.59. The first-order valence-corrected chi connectivity index (χ1v) is 10.5. The van der Waals surface area contributed by atoms with E-state index in [2.05, 4.69) is 9.88 Å². The molecular formula is C15H17Cl2N3O2S2. The molecule has 0 N–H and O–H groups in total. The Bertz CT molecular complexity index is 831. The van der Waals surface area contributed by atoms with E-state index in [4.69, 9.17) is 23.2 Å². The average molecular weight is 406 g/mol. The van der Waals surface area contributed by atoms with Crippen LogP contribution in [0.1, 0.15) is 10.7 Å². The van der Waals surface area contributed by atoms with E-state index in [1.165, 1.54) is 10.4 Å². The van der Waals surface area contributed by atoms with Crippen molar-refractivity contribution >= 4 is 44.6 Å². The molecule has 2 heterocycles. The highest BCUT2D eigenvalue weighted by atomic mass is 35.5. The van der Waals surface area contributed by atoms with Crippen molar-refractivity contribution in [2.24, 2.45) is 0 Å². The number of aryl methyl sites for hydroxylation is 1. The van der Waals surface area contributed by atoms with Gasteiger partial charge in [-0.2, -0.15) is 4.31 Å². The van der Waals surface area contributed by atoms with Crippen LogP contribution in [0, 0.1) is 6.92 Å². The molecule has 1 aromatic carbocycles.